The van der Waals surface area contributed by atoms with Crippen LogP contribution in [0.4, 0.5) is 13.2 Å². The van der Waals surface area contributed by atoms with Crippen molar-refractivity contribution in [1.29, 1.82) is 0 Å². The second-order valence-corrected chi connectivity index (χ2v) is 14.4. The van der Waals surface area contributed by atoms with Crippen LogP contribution < -0.4 is 26.6 Å². The van der Waals surface area contributed by atoms with Crippen molar-refractivity contribution in [2.75, 3.05) is 46.0 Å². The average Bonchev–Trinajstić information content (AvgIpc) is 3.51. The van der Waals surface area contributed by atoms with Crippen LogP contribution >= 0.6 is 11.6 Å². The van der Waals surface area contributed by atoms with Gasteiger partial charge < -0.3 is 20.1 Å². The number of nitrogens with one attached hydrogen (secondary N) is 5. The Morgan fingerprint density at radius 1 is 1.11 bits per heavy atom. The van der Waals surface area contributed by atoms with Gasteiger partial charge in [-0.25, -0.2) is 0 Å². The number of fused-ring (bicyclic) bond motifs is 2. The number of hydrogen-bond donors (Lipinski definition) is 6. The van der Waals surface area contributed by atoms with Crippen molar-refractivity contribution in [3.05, 3.63) is 0 Å². The number of piperidine rings is 1. The Bertz CT molecular complexity index is 1170. The maximum Gasteiger partial charge on any atom is 0.391 e. The topological polar surface area (TPSA) is 151 Å². The van der Waals surface area contributed by atoms with Crippen molar-refractivity contribution in [1.82, 2.24) is 41.3 Å². The smallest absolute Gasteiger partial charge is 0.389 e. The van der Waals surface area contributed by atoms with Gasteiger partial charge in [-0.15, -0.1) is 11.6 Å². The number of amides is 2. The highest BCUT2D eigenvalue weighted by Gasteiger charge is 2.55. The van der Waals surface area contributed by atoms with E-state index in [1.54, 1.807) is 4.90 Å². The van der Waals surface area contributed by atoms with Gasteiger partial charge in [0.1, 0.15) is 12.3 Å². The first-order valence-corrected chi connectivity index (χ1v) is 17.4. The van der Waals surface area contributed by atoms with E-state index in [-0.39, 0.29) is 67.8 Å². The zero-order valence-electron chi connectivity index (χ0n) is 26.8. The number of ketones is 1. The molecule has 6 N–H and O–H groups in total. The second kappa shape index (κ2) is 14.3. The summed E-state index contributed by atoms with van der Waals surface area (Å²) in [6.45, 7) is 6.37. The quantitative estimate of drug-likeness (QED) is 0.188. The fourth-order valence-electron chi connectivity index (χ4n) is 8.40. The third-order valence-corrected chi connectivity index (χ3v) is 11.6. The number of halogens is 4. The number of alkyl halides is 4. The van der Waals surface area contributed by atoms with Gasteiger partial charge in [-0.3, -0.25) is 45.5 Å². The van der Waals surface area contributed by atoms with Crippen molar-refractivity contribution < 1.29 is 37.4 Å². The van der Waals surface area contributed by atoms with E-state index < -0.39 is 53.9 Å². The molecule has 0 aromatic carbocycles. The number of aliphatic hydroxyl groups excluding tert-OH is 1. The summed E-state index contributed by atoms with van der Waals surface area (Å²) in [5, 5.41) is 25.8. The Morgan fingerprint density at radius 2 is 1.85 bits per heavy atom. The second-order valence-electron chi connectivity index (χ2n) is 13.9. The molecule has 6 rings (SSSR count). The summed E-state index contributed by atoms with van der Waals surface area (Å²) in [6.07, 6.45) is -4.93. The fraction of sp³-hybridized carbons (Fsp3) is 0.900. The molecule has 6 fully saturated rings. The molecule has 12 unspecified atom stereocenters. The lowest BCUT2D eigenvalue weighted by atomic mass is 9.83. The lowest BCUT2D eigenvalue weighted by Crippen LogP contribution is -2.80. The predicted molar refractivity (Wildman–Crippen MR) is 165 cm³/mol. The summed E-state index contributed by atoms with van der Waals surface area (Å²) in [7, 11) is 0. The number of nitrogens with zero attached hydrogens (tertiary/aromatic N) is 3. The van der Waals surface area contributed by atoms with Crippen molar-refractivity contribution in [3.8, 4) is 0 Å². The first-order chi connectivity index (χ1) is 22.4. The monoisotopic (exact) mass is 692 g/mol. The number of carbonyl (C=O) groups excluding carboxylic acids is 3. The van der Waals surface area contributed by atoms with Gasteiger partial charge in [-0.2, -0.15) is 13.2 Å². The fourth-order valence-corrected chi connectivity index (χ4v) is 8.80. The molecule has 5 heterocycles. The number of likely N-dealkylation sites (tertiary alicyclic amines) is 1. The summed E-state index contributed by atoms with van der Waals surface area (Å²) in [5.74, 6) is -1.98. The zero-order chi connectivity index (χ0) is 33.6. The maximum absolute atomic E-state index is 14.3. The van der Waals surface area contributed by atoms with E-state index in [2.05, 4.69) is 31.5 Å². The molecular formula is C30H48ClF3N8O5. The lowest BCUT2D eigenvalue weighted by Gasteiger charge is -2.55. The molecule has 266 valence electrons. The molecule has 5 aliphatic heterocycles. The van der Waals surface area contributed by atoms with E-state index >= 15 is 0 Å². The van der Waals surface area contributed by atoms with Crippen LogP contribution in [0.2, 0.25) is 0 Å². The van der Waals surface area contributed by atoms with Crippen LogP contribution in [0.5, 0.6) is 0 Å². The van der Waals surface area contributed by atoms with Crippen LogP contribution in [-0.4, -0.2) is 156 Å². The molecule has 1 saturated carbocycles. The Hall–Kier alpha value is -1.63. The van der Waals surface area contributed by atoms with Crippen LogP contribution in [-0.2, 0) is 19.1 Å². The number of rotatable bonds is 6. The highest BCUT2D eigenvalue weighted by molar-refractivity contribution is 6.21. The van der Waals surface area contributed by atoms with Gasteiger partial charge in [0.05, 0.1) is 48.8 Å². The number of aliphatic hydroxyl groups is 1. The van der Waals surface area contributed by atoms with Gasteiger partial charge >= 0.3 is 6.18 Å². The largest absolute Gasteiger partial charge is 0.391 e. The number of piperazine rings is 2. The van der Waals surface area contributed by atoms with Crippen molar-refractivity contribution in [2.45, 2.75) is 118 Å². The molecule has 2 amide bonds. The molecule has 17 heteroatoms. The third-order valence-electron chi connectivity index (χ3n) is 11.1. The van der Waals surface area contributed by atoms with Crippen molar-refractivity contribution in [3.63, 3.8) is 0 Å². The van der Waals surface area contributed by atoms with E-state index in [1.807, 2.05) is 18.7 Å². The van der Waals surface area contributed by atoms with E-state index in [1.165, 1.54) is 0 Å². The van der Waals surface area contributed by atoms with Gasteiger partial charge in [-0.05, 0) is 39.0 Å². The summed E-state index contributed by atoms with van der Waals surface area (Å²) in [4.78, 5) is 47.0. The van der Waals surface area contributed by atoms with E-state index in [9.17, 15) is 32.7 Å². The van der Waals surface area contributed by atoms with E-state index in [0.717, 1.165) is 6.42 Å². The minimum absolute atomic E-state index is 0.0201. The Balaban J connectivity index is 1.16. The molecule has 0 spiro atoms. The van der Waals surface area contributed by atoms with Crippen molar-refractivity contribution in [2.24, 2.45) is 5.92 Å². The van der Waals surface area contributed by atoms with Crippen molar-refractivity contribution >= 4 is 29.2 Å². The molecule has 13 nitrogen and oxygen atoms in total. The molecule has 12 atom stereocenters. The summed E-state index contributed by atoms with van der Waals surface area (Å²) >= 11 is 6.37. The third kappa shape index (κ3) is 7.17. The average molecular weight is 693 g/mol. The molecule has 6 aliphatic rings. The number of Topliss-reactive ketones (excluding diaryl/α,β-unsaturated/α-hetero) is 1. The first-order valence-electron chi connectivity index (χ1n) is 17.0. The minimum atomic E-state index is -4.32. The van der Waals surface area contributed by atoms with Crippen LogP contribution in [0.1, 0.15) is 46.0 Å². The predicted octanol–water partition coefficient (Wildman–Crippen LogP) is -1.11. The zero-order valence-corrected chi connectivity index (χ0v) is 27.6. The molecule has 0 bridgehead atoms. The van der Waals surface area contributed by atoms with Gasteiger partial charge in [0.2, 0.25) is 11.8 Å². The number of carbonyl (C=O) groups is 3. The highest BCUT2D eigenvalue weighted by atomic mass is 35.5. The minimum Gasteiger partial charge on any atom is -0.389 e. The van der Waals surface area contributed by atoms with Gasteiger partial charge in [0.15, 0.2) is 5.78 Å². The van der Waals surface area contributed by atoms with E-state index in [4.69, 9.17) is 16.3 Å². The molecule has 0 aromatic heterocycles. The molecule has 0 radical (unpaired) electrons. The van der Waals surface area contributed by atoms with Crippen LogP contribution in [0, 0.1) is 5.92 Å². The SMILES string of the molecule is CCC1C(N2CCN(C(=O)C3NCNC(C)C3O)CC2)C(=O)C2NC3CCOC3NC2N1CC(=O)NC1CCC(C(F)(F)F)CC1Cl. The number of hydrogen-bond acceptors (Lipinski definition) is 11. The molecule has 0 aromatic rings. The summed E-state index contributed by atoms with van der Waals surface area (Å²) < 4.78 is 45.8. The summed E-state index contributed by atoms with van der Waals surface area (Å²) in [6, 6.07) is -3.09. The normalized spacial score (nSPS) is 42.1. The Kier molecular flexibility index (Phi) is 10.7. The lowest BCUT2D eigenvalue weighted by molar-refractivity contribution is -0.182. The van der Waals surface area contributed by atoms with E-state index in [0.29, 0.717) is 45.9 Å². The van der Waals surface area contributed by atoms with Crippen LogP contribution in [0.3, 0.4) is 0 Å². The molecular weight excluding hydrogens is 645 g/mol. The molecule has 47 heavy (non-hydrogen) atoms. The van der Waals surface area contributed by atoms with Gasteiger partial charge in [0, 0.05) is 57.0 Å². The standard InChI is InChI=1S/C30H48ClF3N8O5/c1-3-20-24(40-7-9-41(10-8-40)29(46)23-25(44)15(2)35-14-36-23)26(45)22-27(39-28-19(38-22)6-11-47-28)42(20)13-21(43)37-18-5-4-16(12-17(18)31)30(32,33)34/h15-20,22-25,27-28,35-36,38-39,44H,3-14H2,1-2H3,(H,37,43). The van der Waals surface area contributed by atoms with Gasteiger partial charge in [0.25, 0.3) is 0 Å². The van der Waals surface area contributed by atoms with Crippen LogP contribution in [0.25, 0.3) is 0 Å². The maximum atomic E-state index is 14.3. The van der Waals surface area contributed by atoms with Crippen LogP contribution in [0.15, 0.2) is 0 Å². The molecule has 5 saturated heterocycles. The Morgan fingerprint density at radius 3 is 2.53 bits per heavy atom. The first kappa shape index (κ1) is 35.2. The Labute approximate surface area is 278 Å². The molecule has 1 aliphatic carbocycles. The number of ether oxygens (including phenoxy) is 1. The van der Waals surface area contributed by atoms with Gasteiger partial charge in [-0.1, -0.05) is 6.92 Å². The highest BCUT2D eigenvalue weighted by Crippen LogP contribution is 2.39. The summed E-state index contributed by atoms with van der Waals surface area (Å²) in [5.41, 5.74) is 0.